The van der Waals surface area contributed by atoms with Crippen LogP contribution in [-0.2, 0) is 4.79 Å². The molecule has 0 spiro atoms. The van der Waals surface area contributed by atoms with Gasteiger partial charge < -0.3 is 10.6 Å². The molecule has 3 unspecified atom stereocenters. The second-order valence-corrected chi connectivity index (χ2v) is 5.47. The molecule has 1 aromatic rings. The van der Waals surface area contributed by atoms with Crippen molar-refractivity contribution >= 4 is 11.6 Å². The first kappa shape index (κ1) is 11.7. The number of nitrogens with one attached hydrogen (secondary N) is 2. The first-order chi connectivity index (χ1) is 8.65. The summed E-state index contributed by atoms with van der Waals surface area (Å²) in [4.78, 5) is 16.6. The molecule has 3 rings (SSSR count). The number of amides is 1. The molecule has 0 aromatic carbocycles. The van der Waals surface area contributed by atoms with Gasteiger partial charge >= 0.3 is 0 Å². The zero-order chi connectivity index (χ0) is 12.7. The Morgan fingerprint density at radius 1 is 1.44 bits per heavy atom. The largest absolute Gasteiger partial charge is 0.324 e. The van der Waals surface area contributed by atoms with Crippen LogP contribution in [0.25, 0.3) is 0 Å². The van der Waals surface area contributed by atoms with E-state index in [-0.39, 0.29) is 11.8 Å². The average molecular weight is 245 g/mol. The molecule has 18 heavy (non-hydrogen) atoms. The summed E-state index contributed by atoms with van der Waals surface area (Å²) < 4.78 is 0. The molecule has 4 heteroatoms. The Kier molecular flexibility index (Phi) is 2.82. The summed E-state index contributed by atoms with van der Waals surface area (Å²) in [7, 11) is 0. The molecule has 1 amide bonds. The summed E-state index contributed by atoms with van der Waals surface area (Å²) in [5, 5.41) is 6.56. The Hall–Kier alpha value is -1.42. The van der Waals surface area contributed by atoms with Crippen LogP contribution in [0.1, 0.15) is 30.5 Å². The number of carbonyl (C=O) groups is 1. The minimum Gasteiger partial charge on any atom is -0.324 e. The highest BCUT2D eigenvalue weighted by molar-refractivity contribution is 5.94. The van der Waals surface area contributed by atoms with E-state index in [1.54, 1.807) is 6.20 Å². The number of hydrogen-bond acceptors (Lipinski definition) is 3. The highest BCUT2D eigenvalue weighted by Gasteiger charge is 2.42. The van der Waals surface area contributed by atoms with E-state index in [1.165, 1.54) is 6.42 Å². The van der Waals surface area contributed by atoms with Gasteiger partial charge in [0.25, 0.3) is 0 Å². The van der Waals surface area contributed by atoms with Crippen LogP contribution in [0.5, 0.6) is 0 Å². The Morgan fingerprint density at radius 2 is 2.28 bits per heavy atom. The zero-order valence-electron chi connectivity index (χ0n) is 10.9. The van der Waals surface area contributed by atoms with Gasteiger partial charge in [-0.2, -0.15) is 0 Å². The lowest BCUT2D eigenvalue weighted by Crippen LogP contribution is -2.33. The molecule has 2 N–H and O–H groups in total. The summed E-state index contributed by atoms with van der Waals surface area (Å²) in [6, 6.07) is 2.87. The van der Waals surface area contributed by atoms with Crippen molar-refractivity contribution in [1.29, 1.82) is 0 Å². The third kappa shape index (κ3) is 1.90. The second kappa shape index (κ2) is 4.35. The molecule has 2 fully saturated rings. The van der Waals surface area contributed by atoms with Gasteiger partial charge in [-0.15, -0.1) is 0 Å². The zero-order valence-corrected chi connectivity index (χ0v) is 10.9. The molecular weight excluding hydrogens is 226 g/mol. The van der Waals surface area contributed by atoms with Gasteiger partial charge in [-0.25, -0.2) is 0 Å². The maximum absolute atomic E-state index is 12.3. The SMILES string of the molecule is Cc1ccnc(C)c1NC(=O)C1CC2CCC1N2. The van der Waals surface area contributed by atoms with Crippen molar-refractivity contribution in [2.75, 3.05) is 5.32 Å². The number of aryl methyl sites for hydroxylation is 2. The highest BCUT2D eigenvalue weighted by Crippen LogP contribution is 2.34. The van der Waals surface area contributed by atoms with Crippen molar-refractivity contribution in [3.8, 4) is 0 Å². The molecule has 0 radical (unpaired) electrons. The van der Waals surface area contributed by atoms with Crippen LogP contribution in [0, 0.1) is 19.8 Å². The maximum Gasteiger partial charge on any atom is 0.229 e. The first-order valence-corrected chi connectivity index (χ1v) is 6.64. The predicted octanol–water partition coefficient (Wildman–Crippen LogP) is 1.78. The lowest BCUT2D eigenvalue weighted by molar-refractivity contribution is -0.120. The van der Waals surface area contributed by atoms with E-state index in [2.05, 4.69) is 15.6 Å². The van der Waals surface area contributed by atoms with Crippen LogP contribution in [0.2, 0.25) is 0 Å². The number of carbonyl (C=O) groups excluding carboxylic acids is 1. The van der Waals surface area contributed by atoms with E-state index < -0.39 is 0 Å². The summed E-state index contributed by atoms with van der Waals surface area (Å²) in [5.74, 6) is 0.275. The third-order valence-electron chi connectivity index (χ3n) is 4.23. The fourth-order valence-electron chi connectivity index (χ4n) is 3.21. The van der Waals surface area contributed by atoms with Crippen LogP contribution in [-0.4, -0.2) is 23.0 Å². The third-order valence-corrected chi connectivity index (χ3v) is 4.23. The van der Waals surface area contributed by atoms with Gasteiger partial charge in [-0.3, -0.25) is 9.78 Å². The normalized spacial score (nSPS) is 29.6. The number of hydrogen-bond donors (Lipinski definition) is 2. The number of rotatable bonds is 2. The van der Waals surface area contributed by atoms with Crippen molar-refractivity contribution in [3.05, 3.63) is 23.5 Å². The van der Waals surface area contributed by atoms with Crippen molar-refractivity contribution in [1.82, 2.24) is 10.3 Å². The van der Waals surface area contributed by atoms with Crippen LogP contribution in [0.15, 0.2) is 12.3 Å². The Labute approximate surface area is 107 Å². The van der Waals surface area contributed by atoms with Gasteiger partial charge in [0.05, 0.1) is 17.3 Å². The fourth-order valence-corrected chi connectivity index (χ4v) is 3.21. The Morgan fingerprint density at radius 3 is 2.89 bits per heavy atom. The average Bonchev–Trinajstić information content (AvgIpc) is 2.96. The first-order valence-electron chi connectivity index (χ1n) is 6.64. The van der Waals surface area contributed by atoms with Gasteiger partial charge in [0, 0.05) is 18.3 Å². The quantitative estimate of drug-likeness (QED) is 0.835. The molecular formula is C14H19N3O. The van der Waals surface area contributed by atoms with E-state index in [4.69, 9.17) is 0 Å². The molecule has 3 heterocycles. The van der Waals surface area contributed by atoms with Gasteiger partial charge in [0.1, 0.15) is 0 Å². The smallest absolute Gasteiger partial charge is 0.229 e. The van der Waals surface area contributed by atoms with Crippen LogP contribution in [0.3, 0.4) is 0 Å². The van der Waals surface area contributed by atoms with Gasteiger partial charge in [0.15, 0.2) is 0 Å². The highest BCUT2D eigenvalue weighted by atomic mass is 16.2. The van der Waals surface area contributed by atoms with Gasteiger partial charge in [-0.05, 0) is 44.7 Å². The van der Waals surface area contributed by atoms with E-state index in [9.17, 15) is 4.79 Å². The molecule has 2 aliphatic rings. The van der Waals surface area contributed by atoms with Gasteiger partial charge in [-0.1, -0.05) is 0 Å². The van der Waals surface area contributed by atoms with Crippen molar-refractivity contribution < 1.29 is 4.79 Å². The summed E-state index contributed by atoms with van der Waals surface area (Å²) in [6.45, 7) is 3.94. The maximum atomic E-state index is 12.3. The van der Waals surface area contributed by atoms with Crippen molar-refractivity contribution in [2.24, 2.45) is 5.92 Å². The number of pyridine rings is 1. The fraction of sp³-hybridized carbons (Fsp3) is 0.571. The van der Waals surface area contributed by atoms with Crippen molar-refractivity contribution in [2.45, 2.75) is 45.2 Å². The van der Waals surface area contributed by atoms with E-state index >= 15 is 0 Å². The molecule has 0 saturated carbocycles. The number of aromatic nitrogens is 1. The van der Waals surface area contributed by atoms with Gasteiger partial charge in [0.2, 0.25) is 5.91 Å². The molecule has 3 atom stereocenters. The van der Waals surface area contributed by atoms with Crippen molar-refractivity contribution in [3.63, 3.8) is 0 Å². The van der Waals surface area contributed by atoms with Crippen LogP contribution < -0.4 is 10.6 Å². The number of fused-ring (bicyclic) bond motifs is 2. The van der Waals surface area contributed by atoms with E-state index in [1.807, 2.05) is 19.9 Å². The molecule has 0 aliphatic carbocycles. The monoisotopic (exact) mass is 245 g/mol. The lowest BCUT2D eigenvalue weighted by Gasteiger charge is -2.20. The standard InChI is InChI=1S/C14H19N3O/c1-8-5-6-15-9(2)13(8)17-14(18)11-7-10-3-4-12(11)16-10/h5-6,10-12,16H,3-4,7H2,1-2H3,(H,17,18). The Balaban J connectivity index is 1.75. The lowest BCUT2D eigenvalue weighted by atomic mass is 9.88. The van der Waals surface area contributed by atoms with Crippen LogP contribution in [0.4, 0.5) is 5.69 Å². The second-order valence-electron chi connectivity index (χ2n) is 5.47. The van der Waals surface area contributed by atoms with E-state index in [0.29, 0.717) is 12.1 Å². The molecule has 4 nitrogen and oxygen atoms in total. The molecule has 1 aromatic heterocycles. The minimum atomic E-state index is 0.128. The molecule has 2 saturated heterocycles. The number of anilines is 1. The van der Waals surface area contributed by atoms with E-state index in [0.717, 1.165) is 29.8 Å². The Bertz CT molecular complexity index is 466. The molecule has 96 valence electrons. The molecule has 2 bridgehead atoms. The summed E-state index contributed by atoms with van der Waals surface area (Å²) in [6.07, 6.45) is 5.11. The number of nitrogens with zero attached hydrogens (tertiary/aromatic N) is 1. The summed E-state index contributed by atoms with van der Waals surface area (Å²) in [5.41, 5.74) is 2.84. The van der Waals surface area contributed by atoms with Crippen LogP contribution >= 0.6 is 0 Å². The minimum absolute atomic E-state index is 0.128. The summed E-state index contributed by atoms with van der Waals surface area (Å²) >= 11 is 0. The predicted molar refractivity (Wildman–Crippen MR) is 70.4 cm³/mol. The topological polar surface area (TPSA) is 54.0 Å². The molecule has 2 aliphatic heterocycles.